The summed E-state index contributed by atoms with van der Waals surface area (Å²) >= 11 is 0. The van der Waals surface area contributed by atoms with Crippen molar-refractivity contribution in [1.82, 2.24) is 10.6 Å². The van der Waals surface area contributed by atoms with Crippen molar-refractivity contribution in [3.8, 4) is 5.75 Å². The van der Waals surface area contributed by atoms with Crippen molar-refractivity contribution in [2.45, 2.75) is 45.4 Å². The van der Waals surface area contributed by atoms with Gasteiger partial charge in [0, 0.05) is 6.42 Å². The summed E-state index contributed by atoms with van der Waals surface area (Å²) in [6.07, 6.45) is 0.112. The molecule has 0 spiro atoms. The van der Waals surface area contributed by atoms with Crippen LogP contribution in [0.15, 0.2) is 54.6 Å². The fourth-order valence-corrected chi connectivity index (χ4v) is 3.10. The number of aromatic hydroxyl groups is 1. The molecule has 0 bridgehead atoms. The number of amides is 2. The summed E-state index contributed by atoms with van der Waals surface area (Å²) in [7, 11) is 0. The molecule has 0 aliphatic rings. The number of ether oxygens (including phenoxy) is 2. The predicted octanol–water partition coefficient (Wildman–Crippen LogP) is 2.56. The summed E-state index contributed by atoms with van der Waals surface area (Å²) in [5.74, 6) is -1.37. The molecule has 10 heteroatoms. The topological polar surface area (TPSA) is 150 Å². The van der Waals surface area contributed by atoms with Gasteiger partial charge in [0.25, 0.3) is 0 Å². The average molecular weight is 469 g/mol. The van der Waals surface area contributed by atoms with Gasteiger partial charge in [0.1, 0.15) is 24.4 Å². The Labute approximate surface area is 197 Å². The summed E-state index contributed by atoms with van der Waals surface area (Å²) in [5.41, 5.74) is 9.97. The highest BCUT2D eigenvalue weighted by atomic mass is 16.5. The number of benzene rings is 2. The molecule has 0 unspecified atom stereocenters. The Morgan fingerprint density at radius 2 is 1.68 bits per heavy atom. The second kappa shape index (κ2) is 13.4. The monoisotopic (exact) mass is 468 g/mol. The first-order chi connectivity index (χ1) is 16.3. The summed E-state index contributed by atoms with van der Waals surface area (Å²) in [6, 6.07) is 13.1. The highest BCUT2D eigenvalue weighted by Gasteiger charge is 2.29. The molecule has 0 fully saturated rings. The summed E-state index contributed by atoms with van der Waals surface area (Å²) in [5, 5.41) is 14.6. The van der Waals surface area contributed by atoms with Crippen LogP contribution in [0.5, 0.6) is 5.75 Å². The van der Waals surface area contributed by atoms with Gasteiger partial charge in [-0.15, -0.1) is 4.79 Å². The van der Waals surface area contributed by atoms with Crippen molar-refractivity contribution >= 4 is 24.4 Å². The number of phenolic OH excluding ortho intramolecular Hbond substituents is 1. The number of nitrogens with one attached hydrogen (secondary N) is 2. The van der Waals surface area contributed by atoms with Crippen LogP contribution in [-0.4, -0.2) is 46.4 Å². The van der Waals surface area contributed by atoms with Gasteiger partial charge in [-0.1, -0.05) is 56.3 Å². The largest absolute Gasteiger partial charge is 0.508 e. The molecule has 0 aromatic heterocycles. The molecule has 0 aliphatic heterocycles. The van der Waals surface area contributed by atoms with Gasteiger partial charge in [-0.25, -0.2) is 9.59 Å². The fourth-order valence-electron chi connectivity index (χ4n) is 3.10. The highest BCUT2D eigenvalue weighted by molar-refractivity contribution is 5.91. The molecule has 0 saturated carbocycles. The quantitative estimate of drug-likeness (QED) is 0.152. The van der Waals surface area contributed by atoms with Crippen LogP contribution in [0.1, 0.15) is 31.4 Å². The van der Waals surface area contributed by atoms with Crippen LogP contribution >= 0.6 is 0 Å². The predicted molar refractivity (Wildman–Crippen MR) is 123 cm³/mol. The number of hydrogen-bond acceptors (Lipinski definition) is 6. The van der Waals surface area contributed by atoms with Crippen molar-refractivity contribution < 1.29 is 33.8 Å². The fraction of sp³-hybridized carbons (Fsp3) is 0.333. The number of alkyl carbamates (subject to hydrolysis) is 1. The maximum atomic E-state index is 13.0. The summed E-state index contributed by atoms with van der Waals surface area (Å²) in [4.78, 5) is 40.4. The number of carbonyl (C=O) groups is 3. The molecule has 2 rings (SSSR count). The van der Waals surface area contributed by atoms with Gasteiger partial charge < -0.3 is 30.7 Å². The molecular weight excluding hydrogens is 440 g/mol. The van der Waals surface area contributed by atoms with Crippen molar-refractivity contribution in [2.75, 3.05) is 0 Å². The summed E-state index contributed by atoms with van der Waals surface area (Å²) in [6.45, 7) is 3.81. The van der Waals surface area contributed by atoms with Crippen molar-refractivity contribution in [1.29, 1.82) is 0 Å². The lowest BCUT2D eigenvalue weighted by Crippen LogP contribution is -2.53. The lowest BCUT2D eigenvalue weighted by molar-refractivity contribution is -0.143. The Bertz CT molecular complexity index is 1000. The molecule has 3 N–H and O–H groups in total. The number of esters is 1. The van der Waals surface area contributed by atoms with E-state index in [0.717, 1.165) is 5.56 Å². The molecule has 2 amide bonds. The van der Waals surface area contributed by atoms with E-state index in [9.17, 15) is 19.5 Å². The van der Waals surface area contributed by atoms with Gasteiger partial charge >= 0.3 is 18.5 Å². The van der Waals surface area contributed by atoms with E-state index < -0.39 is 30.1 Å². The lowest BCUT2D eigenvalue weighted by atomic mass is 10.0. The third-order valence-electron chi connectivity index (χ3n) is 4.72. The Morgan fingerprint density at radius 1 is 1.00 bits per heavy atom. The molecule has 2 aromatic carbocycles. The Kier molecular flexibility index (Phi) is 10.3. The van der Waals surface area contributed by atoms with Crippen LogP contribution in [0.2, 0.25) is 0 Å². The smallest absolute Gasteiger partial charge is 0.446 e. The maximum Gasteiger partial charge on any atom is 0.446 e. The second-order valence-corrected chi connectivity index (χ2v) is 7.98. The van der Waals surface area contributed by atoms with E-state index in [4.69, 9.17) is 15.0 Å². The first-order valence-corrected chi connectivity index (χ1v) is 10.7. The van der Waals surface area contributed by atoms with Crippen molar-refractivity contribution in [2.24, 2.45) is 5.92 Å². The van der Waals surface area contributed by atoms with Gasteiger partial charge in [0.05, 0.1) is 0 Å². The van der Waals surface area contributed by atoms with E-state index in [1.54, 1.807) is 24.3 Å². The highest BCUT2D eigenvalue weighted by Crippen LogP contribution is 2.13. The maximum absolute atomic E-state index is 13.0. The molecule has 0 aliphatic carbocycles. The minimum atomic E-state index is -1.15. The van der Waals surface area contributed by atoms with E-state index >= 15 is 0 Å². The van der Waals surface area contributed by atoms with Crippen molar-refractivity contribution in [3.05, 3.63) is 71.3 Å². The van der Waals surface area contributed by atoms with E-state index in [0.29, 0.717) is 18.4 Å². The minimum absolute atomic E-state index is 0.0387. The number of nitrogens with zero attached hydrogens (tertiary/aromatic N) is 2. The summed E-state index contributed by atoms with van der Waals surface area (Å²) < 4.78 is 9.94. The minimum Gasteiger partial charge on any atom is -0.508 e. The molecule has 2 atom stereocenters. The number of carbonyl (C=O) groups excluding carboxylic acids is 3. The van der Waals surface area contributed by atoms with Gasteiger partial charge in [-0.2, -0.15) is 0 Å². The molecule has 0 heterocycles. The molecule has 2 aromatic rings. The number of rotatable bonds is 11. The van der Waals surface area contributed by atoms with E-state index in [1.165, 1.54) is 12.1 Å². The van der Waals surface area contributed by atoms with Crippen LogP contribution in [0, 0.1) is 5.92 Å². The van der Waals surface area contributed by atoms with Gasteiger partial charge in [-0.3, -0.25) is 4.79 Å². The third-order valence-corrected chi connectivity index (χ3v) is 4.72. The Balaban J connectivity index is 2.09. The molecule has 10 nitrogen and oxygen atoms in total. The van der Waals surface area contributed by atoms with E-state index in [1.807, 2.05) is 32.0 Å². The zero-order valence-corrected chi connectivity index (χ0v) is 19.0. The molecule has 180 valence electrons. The van der Waals surface area contributed by atoms with E-state index in [-0.39, 0.29) is 24.7 Å². The van der Waals surface area contributed by atoms with Crippen LogP contribution < -0.4 is 10.6 Å². The Hall–Kier alpha value is -4.17. The first-order valence-electron chi connectivity index (χ1n) is 10.7. The number of phenols is 1. The van der Waals surface area contributed by atoms with Crippen LogP contribution in [-0.2, 0) is 32.1 Å². The standard InChI is InChI=1S/C24H28N4O6/c1-16(2)12-20(28-24(32)33-14-18-6-4-3-5-7-18)22(30)27-21(23(31)34-15-26-25)13-17-8-10-19(29)11-9-17/h3-11,15-16,20-21,29H,12-14H2,1-2H3,(H,27,30)(H,28,32)/t20-,21-/m0/s1. The molecule has 0 radical (unpaired) electrons. The average Bonchev–Trinajstić information content (AvgIpc) is 2.82. The normalized spacial score (nSPS) is 12.1. The zero-order valence-electron chi connectivity index (χ0n) is 19.0. The van der Waals surface area contributed by atoms with Crippen LogP contribution in [0.4, 0.5) is 4.79 Å². The third kappa shape index (κ3) is 9.13. The first kappa shape index (κ1) is 26.1. The lowest BCUT2D eigenvalue weighted by Gasteiger charge is -2.23. The second-order valence-electron chi connectivity index (χ2n) is 7.98. The van der Waals surface area contributed by atoms with Crippen LogP contribution in [0.3, 0.4) is 0 Å². The van der Waals surface area contributed by atoms with Crippen molar-refractivity contribution in [3.63, 3.8) is 0 Å². The molecule has 0 saturated heterocycles. The van der Waals surface area contributed by atoms with Gasteiger partial charge in [0.2, 0.25) is 5.91 Å². The molecule has 34 heavy (non-hydrogen) atoms. The Morgan fingerprint density at radius 3 is 2.29 bits per heavy atom. The van der Waals surface area contributed by atoms with E-state index in [2.05, 4.69) is 15.4 Å². The van der Waals surface area contributed by atoms with Gasteiger partial charge in [0.15, 0.2) is 0 Å². The van der Waals surface area contributed by atoms with Gasteiger partial charge in [-0.05, 0) is 35.6 Å². The number of hydrogen-bond donors (Lipinski definition) is 3. The molecular formula is C24H28N4O6. The zero-order chi connectivity index (χ0) is 24.9. The van der Waals surface area contributed by atoms with Crippen LogP contribution in [0.25, 0.3) is 5.53 Å². The SMILES string of the molecule is CC(C)C[C@H](NC(=O)OCc1ccccc1)C(=O)N[C@@H](Cc1ccc(O)cc1)C(=O)OC=[N+]=[N-].